The number of nitrogens with one attached hydrogen (secondary N) is 1. The summed E-state index contributed by atoms with van der Waals surface area (Å²) in [6.45, 7) is 6.95. The highest BCUT2D eigenvalue weighted by Gasteiger charge is 2.15. The van der Waals surface area contributed by atoms with Gasteiger partial charge in [-0.15, -0.1) is 0 Å². The zero-order chi connectivity index (χ0) is 20.1. The SMILES string of the molecule is COc1cc(C)c(C(=O)NCCOc2ccc3ccccc3c2)cc1C(C)C. The van der Waals surface area contributed by atoms with Crippen molar-refractivity contribution in [2.24, 2.45) is 0 Å². The lowest BCUT2D eigenvalue weighted by Gasteiger charge is -2.16. The van der Waals surface area contributed by atoms with Gasteiger partial charge in [-0.1, -0.05) is 44.2 Å². The zero-order valence-corrected chi connectivity index (χ0v) is 16.9. The van der Waals surface area contributed by atoms with Gasteiger partial charge in [-0.05, 0) is 59.0 Å². The van der Waals surface area contributed by atoms with Crippen LogP contribution in [0.2, 0.25) is 0 Å². The van der Waals surface area contributed by atoms with Crippen molar-refractivity contribution < 1.29 is 14.3 Å². The third-order valence-corrected chi connectivity index (χ3v) is 4.82. The molecule has 0 unspecified atom stereocenters. The van der Waals surface area contributed by atoms with E-state index in [9.17, 15) is 4.79 Å². The monoisotopic (exact) mass is 377 g/mol. The fourth-order valence-electron chi connectivity index (χ4n) is 3.26. The number of carbonyl (C=O) groups excluding carboxylic acids is 1. The highest BCUT2D eigenvalue weighted by atomic mass is 16.5. The van der Waals surface area contributed by atoms with E-state index in [1.54, 1.807) is 7.11 Å². The van der Waals surface area contributed by atoms with Crippen LogP contribution in [-0.2, 0) is 0 Å². The lowest BCUT2D eigenvalue weighted by molar-refractivity contribution is 0.0946. The minimum Gasteiger partial charge on any atom is -0.496 e. The average molecular weight is 377 g/mol. The molecule has 0 fully saturated rings. The first kappa shape index (κ1) is 19.7. The van der Waals surface area contributed by atoms with Crippen LogP contribution in [0.25, 0.3) is 10.8 Å². The summed E-state index contributed by atoms with van der Waals surface area (Å²) in [5, 5.41) is 5.26. The molecule has 0 radical (unpaired) electrons. The van der Waals surface area contributed by atoms with E-state index in [1.165, 1.54) is 5.39 Å². The van der Waals surface area contributed by atoms with Crippen molar-refractivity contribution in [3.63, 3.8) is 0 Å². The molecule has 28 heavy (non-hydrogen) atoms. The van der Waals surface area contributed by atoms with Gasteiger partial charge in [0.25, 0.3) is 5.91 Å². The van der Waals surface area contributed by atoms with E-state index >= 15 is 0 Å². The quantitative estimate of drug-likeness (QED) is 0.584. The zero-order valence-electron chi connectivity index (χ0n) is 16.9. The van der Waals surface area contributed by atoms with Crippen LogP contribution in [-0.4, -0.2) is 26.2 Å². The van der Waals surface area contributed by atoms with Crippen molar-refractivity contribution in [3.8, 4) is 11.5 Å². The van der Waals surface area contributed by atoms with Crippen LogP contribution in [0.15, 0.2) is 54.6 Å². The average Bonchev–Trinajstić information content (AvgIpc) is 2.70. The first-order valence-corrected chi connectivity index (χ1v) is 9.58. The van der Waals surface area contributed by atoms with Gasteiger partial charge in [0.15, 0.2) is 0 Å². The Balaban J connectivity index is 1.60. The van der Waals surface area contributed by atoms with Gasteiger partial charge in [-0.25, -0.2) is 0 Å². The van der Waals surface area contributed by atoms with Crippen LogP contribution in [0, 0.1) is 6.92 Å². The lowest BCUT2D eigenvalue weighted by atomic mass is 9.96. The number of ether oxygens (including phenoxy) is 2. The molecule has 3 aromatic rings. The van der Waals surface area contributed by atoms with Gasteiger partial charge in [0.2, 0.25) is 0 Å². The normalized spacial score (nSPS) is 10.9. The molecule has 1 amide bonds. The second-order valence-electron chi connectivity index (χ2n) is 7.18. The van der Waals surface area contributed by atoms with Crippen molar-refractivity contribution in [3.05, 3.63) is 71.3 Å². The molecular formula is C24H27NO3. The number of benzene rings is 3. The molecule has 0 aliphatic carbocycles. The Morgan fingerprint density at radius 3 is 2.50 bits per heavy atom. The van der Waals surface area contributed by atoms with Gasteiger partial charge in [0, 0.05) is 5.56 Å². The maximum Gasteiger partial charge on any atom is 0.251 e. The van der Waals surface area contributed by atoms with Gasteiger partial charge in [-0.2, -0.15) is 0 Å². The van der Waals surface area contributed by atoms with Crippen molar-refractivity contribution in [1.29, 1.82) is 0 Å². The van der Waals surface area contributed by atoms with E-state index < -0.39 is 0 Å². The first-order chi connectivity index (χ1) is 13.5. The molecule has 0 aliphatic rings. The fraction of sp³-hybridized carbons (Fsp3) is 0.292. The summed E-state index contributed by atoms with van der Waals surface area (Å²) in [4.78, 5) is 12.6. The van der Waals surface area contributed by atoms with Gasteiger partial charge in [0.1, 0.15) is 18.1 Å². The van der Waals surface area contributed by atoms with Crippen LogP contribution in [0.4, 0.5) is 0 Å². The third-order valence-electron chi connectivity index (χ3n) is 4.82. The largest absolute Gasteiger partial charge is 0.496 e. The number of rotatable bonds is 7. The Hall–Kier alpha value is -3.01. The summed E-state index contributed by atoms with van der Waals surface area (Å²) in [5.41, 5.74) is 2.61. The molecule has 146 valence electrons. The number of fused-ring (bicyclic) bond motifs is 1. The number of hydrogen-bond donors (Lipinski definition) is 1. The molecule has 0 atom stereocenters. The van der Waals surface area contributed by atoms with Crippen LogP contribution in [0.3, 0.4) is 0 Å². The molecular weight excluding hydrogens is 350 g/mol. The molecule has 0 heterocycles. The van der Waals surface area contributed by atoms with Gasteiger partial charge < -0.3 is 14.8 Å². The lowest BCUT2D eigenvalue weighted by Crippen LogP contribution is -2.28. The number of aryl methyl sites for hydroxylation is 1. The standard InChI is InChI=1S/C24H27NO3/c1-16(2)21-15-22(17(3)13-23(21)27-4)24(26)25-11-12-28-20-10-9-18-7-5-6-8-19(18)14-20/h5-10,13-16H,11-12H2,1-4H3,(H,25,26). The van der Waals surface area contributed by atoms with Gasteiger partial charge in [-0.3, -0.25) is 4.79 Å². The molecule has 0 bridgehead atoms. The molecule has 0 aliphatic heterocycles. The minimum atomic E-state index is -0.0934. The highest BCUT2D eigenvalue weighted by Crippen LogP contribution is 2.29. The smallest absolute Gasteiger partial charge is 0.251 e. The van der Waals surface area contributed by atoms with Gasteiger partial charge in [0.05, 0.1) is 13.7 Å². The molecule has 0 aromatic heterocycles. The molecule has 0 saturated heterocycles. The van der Waals surface area contributed by atoms with E-state index in [0.717, 1.165) is 28.0 Å². The predicted octanol–water partition coefficient (Wildman–Crippen LogP) is 5.09. The fourth-order valence-corrected chi connectivity index (χ4v) is 3.26. The Bertz CT molecular complexity index is 979. The maximum absolute atomic E-state index is 12.6. The van der Waals surface area contributed by atoms with Crippen molar-refractivity contribution in [2.45, 2.75) is 26.7 Å². The highest BCUT2D eigenvalue weighted by molar-refractivity contribution is 5.96. The van der Waals surface area contributed by atoms with E-state index in [4.69, 9.17) is 9.47 Å². The molecule has 4 heteroatoms. The van der Waals surface area contributed by atoms with E-state index in [0.29, 0.717) is 18.7 Å². The van der Waals surface area contributed by atoms with Crippen molar-refractivity contribution >= 4 is 16.7 Å². The second kappa shape index (κ2) is 8.79. The topological polar surface area (TPSA) is 47.6 Å². The minimum absolute atomic E-state index is 0.0934. The molecule has 0 saturated carbocycles. The van der Waals surface area contributed by atoms with Crippen molar-refractivity contribution in [1.82, 2.24) is 5.32 Å². The summed E-state index contributed by atoms with van der Waals surface area (Å²) < 4.78 is 11.2. The van der Waals surface area contributed by atoms with Crippen LogP contribution < -0.4 is 14.8 Å². The predicted molar refractivity (Wildman–Crippen MR) is 114 cm³/mol. The molecule has 0 spiro atoms. The Morgan fingerprint density at radius 1 is 1.04 bits per heavy atom. The van der Waals surface area contributed by atoms with Gasteiger partial charge >= 0.3 is 0 Å². The summed E-state index contributed by atoms with van der Waals surface area (Å²) in [5.74, 6) is 1.81. The Morgan fingerprint density at radius 2 is 1.79 bits per heavy atom. The summed E-state index contributed by atoms with van der Waals surface area (Å²) in [6.07, 6.45) is 0. The first-order valence-electron chi connectivity index (χ1n) is 9.58. The molecule has 1 N–H and O–H groups in total. The molecule has 3 rings (SSSR count). The summed E-state index contributed by atoms with van der Waals surface area (Å²) in [6, 6.07) is 18.0. The Labute approximate surface area is 166 Å². The van der Waals surface area contributed by atoms with Crippen LogP contribution in [0.1, 0.15) is 41.3 Å². The van der Waals surface area contributed by atoms with Crippen molar-refractivity contribution in [2.75, 3.05) is 20.3 Å². The van der Waals surface area contributed by atoms with E-state index in [2.05, 4.69) is 31.3 Å². The van der Waals surface area contributed by atoms with E-state index in [1.807, 2.05) is 49.4 Å². The number of methoxy groups -OCH3 is 1. The number of carbonyl (C=O) groups is 1. The second-order valence-corrected chi connectivity index (χ2v) is 7.18. The van der Waals surface area contributed by atoms with Crippen LogP contribution in [0.5, 0.6) is 11.5 Å². The summed E-state index contributed by atoms with van der Waals surface area (Å²) >= 11 is 0. The number of amides is 1. The van der Waals surface area contributed by atoms with Crippen LogP contribution >= 0.6 is 0 Å². The summed E-state index contributed by atoms with van der Waals surface area (Å²) in [7, 11) is 1.66. The van der Waals surface area contributed by atoms with E-state index in [-0.39, 0.29) is 11.8 Å². The Kier molecular flexibility index (Phi) is 6.19. The third kappa shape index (κ3) is 4.45. The maximum atomic E-state index is 12.6. The molecule has 4 nitrogen and oxygen atoms in total. The number of hydrogen-bond acceptors (Lipinski definition) is 3. The molecule has 3 aromatic carbocycles.